The third-order valence-corrected chi connectivity index (χ3v) is 2.73. The van der Waals surface area contributed by atoms with Gasteiger partial charge in [-0.15, -0.1) is 0 Å². The van der Waals surface area contributed by atoms with Crippen LogP contribution >= 0.6 is 0 Å². The number of fused-ring (bicyclic) bond motifs is 1. The van der Waals surface area contributed by atoms with E-state index in [4.69, 9.17) is 0 Å². The monoisotopic (exact) mass is 203 g/mol. The van der Waals surface area contributed by atoms with E-state index >= 15 is 0 Å². The molecule has 2 rings (SSSR count). The smallest absolute Gasteiger partial charge is 0.155 e. The molecule has 3 heteroatoms. The minimum absolute atomic E-state index is 0.713. The van der Waals surface area contributed by atoms with Gasteiger partial charge in [-0.2, -0.15) is 0 Å². The lowest BCUT2D eigenvalue weighted by molar-refractivity contribution is 0.513. The Bertz CT molecular complexity index is 433. The standard InChI is InChI=1S/C12H17N3/c1-3-4-10(2)7-11-8-13-9-12-14-5-6-15(11)12/h5-6,8-10H,3-4,7H2,1-2H3. The van der Waals surface area contributed by atoms with Crippen molar-refractivity contribution in [2.75, 3.05) is 0 Å². The van der Waals surface area contributed by atoms with Crippen LogP contribution in [-0.2, 0) is 6.42 Å². The van der Waals surface area contributed by atoms with Crippen LogP contribution in [0.3, 0.4) is 0 Å². The van der Waals surface area contributed by atoms with Crippen molar-refractivity contribution in [3.8, 4) is 0 Å². The van der Waals surface area contributed by atoms with Gasteiger partial charge in [-0.05, 0) is 12.3 Å². The van der Waals surface area contributed by atoms with E-state index in [9.17, 15) is 0 Å². The van der Waals surface area contributed by atoms with Crippen molar-refractivity contribution in [1.82, 2.24) is 14.4 Å². The summed E-state index contributed by atoms with van der Waals surface area (Å²) in [5.41, 5.74) is 2.20. The maximum absolute atomic E-state index is 4.23. The lowest BCUT2D eigenvalue weighted by atomic mass is 10.0. The van der Waals surface area contributed by atoms with Crippen molar-refractivity contribution in [3.63, 3.8) is 0 Å². The van der Waals surface area contributed by atoms with E-state index in [0.717, 1.165) is 12.1 Å². The van der Waals surface area contributed by atoms with E-state index in [0.29, 0.717) is 5.92 Å². The minimum atomic E-state index is 0.713. The number of hydrogen-bond donors (Lipinski definition) is 0. The van der Waals surface area contributed by atoms with Crippen LogP contribution in [0.2, 0.25) is 0 Å². The van der Waals surface area contributed by atoms with Crippen LogP contribution in [0, 0.1) is 5.92 Å². The molecule has 0 saturated heterocycles. The molecule has 0 radical (unpaired) electrons. The molecule has 0 aromatic carbocycles. The summed E-state index contributed by atoms with van der Waals surface area (Å²) in [6.45, 7) is 4.52. The van der Waals surface area contributed by atoms with Crippen LogP contribution in [-0.4, -0.2) is 14.4 Å². The van der Waals surface area contributed by atoms with Crippen molar-refractivity contribution in [1.29, 1.82) is 0 Å². The second kappa shape index (κ2) is 4.43. The topological polar surface area (TPSA) is 30.2 Å². The largest absolute Gasteiger partial charge is 0.301 e. The highest BCUT2D eigenvalue weighted by molar-refractivity contribution is 5.36. The molecule has 0 N–H and O–H groups in total. The highest BCUT2D eigenvalue weighted by Gasteiger charge is 2.06. The number of nitrogens with zero attached hydrogens (tertiary/aromatic N) is 3. The van der Waals surface area contributed by atoms with Crippen molar-refractivity contribution in [2.24, 2.45) is 5.92 Å². The number of imidazole rings is 1. The third-order valence-electron chi connectivity index (χ3n) is 2.73. The van der Waals surface area contributed by atoms with Gasteiger partial charge in [-0.3, -0.25) is 4.98 Å². The molecule has 2 heterocycles. The molecule has 3 nitrogen and oxygen atoms in total. The minimum Gasteiger partial charge on any atom is -0.301 e. The van der Waals surface area contributed by atoms with Crippen LogP contribution in [0.25, 0.3) is 5.65 Å². The molecule has 0 aliphatic carbocycles. The van der Waals surface area contributed by atoms with Crippen LogP contribution in [0.15, 0.2) is 24.8 Å². The predicted octanol–water partition coefficient (Wildman–Crippen LogP) is 2.71. The fourth-order valence-electron chi connectivity index (χ4n) is 2.01. The van der Waals surface area contributed by atoms with E-state index < -0.39 is 0 Å². The Kier molecular flexibility index (Phi) is 2.99. The summed E-state index contributed by atoms with van der Waals surface area (Å²) in [5.74, 6) is 0.713. The van der Waals surface area contributed by atoms with Gasteiger partial charge in [-0.25, -0.2) is 4.98 Å². The van der Waals surface area contributed by atoms with Gasteiger partial charge in [0.2, 0.25) is 0 Å². The van der Waals surface area contributed by atoms with Gasteiger partial charge in [-0.1, -0.05) is 26.7 Å². The van der Waals surface area contributed by atoms with E-state index in [1.54, 1.807) is 6.20 Å². The molecule has 1 atom stereocenters. The normalized spacial score (nSPS) is 13.2. The first-order valence-electron chi connectivity index (χ1n) is 5.57. The van der Waals surface area contributed by atoms with E-state index in [2.05, 4.69) is 28.2 Å². The van der Waals surface area contributed by atoms with Crippen LogP contribution < -0.4 is 0 Å². The van der Waals surface area contributed by atoms with Gasteiger partial charge in [0.05, 0.1) is 6.20 Å². The zero-order valence-corrected chi connectivity index (χ0v) is 9.35. The fraction of sp³-hybridized carbons (Fsp3) is 0.500. The lowest BCUT2D eigenvalue weighted by Crippen LogP contribution is -2.04. The van der Waals surface area contributed by atoms with E-state index in [-0.39, 0.29) is 0 Å². The van der Waals surface area contributed by atoms with Gasteiger partial charge >= 0.3 is 0 Å². The van der Waals surface area contributed by atoms with Crippen molar-refractivity contribution in [3.05, 3.63) is 30.5 Å². The summed E-state index contributed by atoms with van der Waals surface area (Å²) in [7, 11) is 0. The molecule has 0 aliphatic rings. The van der Waals surface area contributed by atoms with Crippen LogP contribution in [0.4, 0.5) is 0 Å². The molecule has 2 aromatic heterocycles. The second-order valence-corrected chi connectivity index (χ2v) is 4.15. The molecule has 80 valence electrons. The van der Waals surface area contributed by atoms with Crippen molar-refractivity contribution < 1.29 is 0 Å². The fourth-order valence-corrected chi connectivity index (χ4v) is 2.01. The Hall–Kier alpha value is -1.38. The molecule has 0 spiro atoms. The van der Waals surface area contributed by atoms with Crippen LogP contribution in [0.1, 0.15) is 32.4 Å². The summed E-state index contributed by atoms with van der Waals surface area (Å²) >= 11 is 0. The SMILES string of the molecule is CCCC(C)Cc1cncc2nccn12. The Balaban J connectivity index is 2.23. The maximum atomic E-state index is 4.23. The van der Waals surface area contributed by atoms with Crippen LogP contribution in [0.5, 0.6) is 0 Å². The van der Waals surface area contributed by atoms with Gasteiger partial charge in [0.25, 0.3) is 0 Å². The average molecular weight is 203 g/mol. The first-order chi connectivity index (χ1) is 7.31. The summed E-state index contributed by atoms with van der Waals surface area (Å²) in [4.78, 5) is 8.45. The first kappa shape index (κ1) is 10.1. The van der Waals surface area contributed by atoms with E-state index in [1.165, 1.54) is 18.5 Å². The molecule has 0 aliphatic heterocycles. The van der Waals surface area contributed by atoms with Crippen molar-refractivity contribution in [2.45, 2.75) is 33.1 Å². The third kappa shape index (κ3) is 2.17. The highest BCUT2D eigenvalue weighted by atomic mass is 15.0. The molecule has 2 aromatic rings. The Morgan fingerprint density at radius 2 is 2.27 bits per heavy atom. The molecular weight excluding hydrogens is 186 g/mol. The molecule has 15 heavy (non-hydrogen) atoms. The van der Waals surface area contributed by atoms with Gasteiger partial charge < -0.3 is 4.40 Å². The highest BCUT2D eigenvalue weighted by Crippen LogP contribution is 2.13. The Labute approximate surface area is 90.2 Å². The summed E-state index contributed by atoms with van der Waals surface area (Å²) < 4.78 is 2.12. The quantitative estimate of drug-likeness (QED) is 0.764. The number of hydrogen-bond acceptors (Lipinski definition) is 2. The van der Waals surface area contributed by atoms with Gasteiger partial charge in [0.1, 0.15) is 0 Å². The summed E-state index contributed by atoms with van der Waals surface area (Å²) in [5, 5.41) is 0. The summed E-state index contributed by atoms with van der Waals surface area (Å²) in [6, 6.07) is 0. The second-order valence-electron chi connectivity index (χ2n) is 4.15. The molecule has 0 bridgehead atoms. The maximum Gasteiger partial charge on any atom is 0.155 e. The zero-order chi connectivity index (χ0) is 10.7. The number of rotatable bonds is 4. The average Bonchev–Trinajstić information content (AvgIpc) is 2.67. The molecule has 0 amide bonds. The molecule has 0 fully saturated rings. The Morgan fingerprint density at radius 1 is 1.40 bits per heavy atom. The van der Waals surface area contributed by atoms with Crippen molar-refractivity contribution >= 4 is 5.65 Å². The van der Waals surface area contributed by atoms with Gasteiger partial charge in [0.15, 0.2) is 5.65 Å². The van der Waals surface area contributed by atoms with E-state index in [1.807, 2.05) is 18.6 Å². The molecular formula is C12H17N3. The van der Waals surface area contributed by atoms with Gasteiger partial charge in [0, 0.05) is 24.3 Å². The molecule has 1 unspecified atom stereocenters. The molecule has 0 saturated carbocycles. The zero-order valence-electron chi connectivity index (χ0n) is 9.35. The first-order valence-corrected chi connectivity index (χ1v) is 5.57. The predicted molar refractivity (Wildman–Crippen MR) is 60.8 cm³/mol. The lowest BCUT2D eigenvalue weighted by Gasteiger charge is -2.10. The Morgan fingerprint density at radius 3 is 3.07 bits per heavy atom. The number of aromatic nitrogens is 3. The summed E-state index contributed by atoms with van der Waals surface area (Å²) in [6.07, 6.45) is 11.2.